The van der Waals surface area contributed by atoms with E-state index < -0.39 is 0 Å². The molecule has 98 valence electrons. The molecular weight excluding hydrogens is 260 g/mol. The molecule has 2 N–H and O–H groups in total. The summed E-state index contributed by atoms with van der Waals surface area (Å²) >= 11 is 1.52. The van der Waals surface area contributed by atoms with E-state index >= 15 is 0 Å². The number of ether oxygens (including phenoxy) is 1. The van der Waals surface area contributed by atoms with Gasteiger partial charge in [-0.05, 0) is 24.1 Å². The predicted octanol–water partition coefficient (Wildman–Crippen LogP) is 2.61. The van der Waals surface area contributed by atoms with Gasteiger partial charge in [-0.2, -0.15) is 4.98 Å². The summed E-state index contributed by atoms with van der Waals surface area (Å²) in [4.78, 5) is 4.95. The summed E-state index contributed by atoms with van der Waals surface area (Å²) in [7, 11) is 1.67. The van der Waals surface area contributed by atoms with Crippen LogP contribution in [0.4, 0.5) is 5.95 Å². The highest BCUT2D eigenvalue weighted by Crippen LogP contribution is 2.33. The van der Waals surface area contributed by atoms with Gasteiger partial charge in [0.15, 0.2) is 0 Å². The van der Waals surface area contributed by atoms with Crippen LogP contribution in [0.3, 0.4) is 0 Å². The number of fused-ring (bicyclic) bond motifs is 1. The molecule has 1 aromatic carbocycles. The standard InChI is InChI=1S/C13H14N4OS/c1-3-8-4-5-11(18-2)9(6-8)10-7-19-13-15-12(14)16-17(10)13/h4-7H,3H2,1-2H3,(H2,14,16). The molecule has 5 nitrogen and oxygen atoms in total. The maximum atomic E-state index is 5.64. The van der Waals surface area contributed by atoms with Crippen LogP contribution in [0.2, 0.25) is 0 Å². The summed E-state index contributed by atoms with van der Waals surface area (Å²) in [5.74, 6) is 1.12. The van der Waals surface area contributed by atoms with Crippen molar-refractivity contribution in [2.45, 2.75) is 13.3 Å². The van der Waals surface area contributed by atoms with Gasteiger partial charge in [0, 0.05) is 10.9 Å². The van der Waals surface area contributed by atoms with E-state index in [1.165, 1.54) is 16.9 Å². The lowest BCUT2D eigenvalue weighted by atomic mass is 10.1. The zero-order chi connectivity index (χ0) is 13.4. The highest BCUT2D eigenvalue weighted by Gasteiger charge is 2.14. The fourth-order valence-corrected chi connectivity index (χ4v) is 2.89. The molecule has 0 bridgehead atoms. The number of nitrogen functional groups attached to an aromatic ring is 1. The normalized spacial score (nSPS) is 11.1. The van der Waals surface area contributed by atoms with E-state index in [4.69, 9.17) is 10.5 Å². The number of nitrogens with zero attached hydrogens (tertiary/aromatic N) is 3. The summed E-state index contributed by atoms with van der Waals surface area (Å²) in [6, 6.07) is 6.18. The first-order chi connectivity index (χ1) is 9.22. The molecule has 0 unspecified atom stereocenters. The SMILES string of the molecule is CCc1ccc(OC)c(-c2csc3nc(N)nn23)c1. The number of anilines is 1. The average molecular weight is 274 g/mol. The summed E-state index contributed by atoms with van der Waals surface area (Å²) in [6.45, 7) is 2.13. The van der Waals surface area contributed by atoms with Crippen molar-refractivity contribution in [3.8, 4) is 17.0 Å². The van der Waals surface area contributed by atoms with Gasteiger partial charge in [0.1, 0.15) is 5.75 Å². The van der Waals surface area contributed by atoms with Gasteiger partial charge in [-0.1, -0.05) is 13.0 Å². The van der Waals surface area contributed by atoms with Crippen LogP contribution >= 0.6 is 11.3 Å². The van der Waals surface area contributed by atoms with Crippen molar-refractivity contribution in [2.75, 3.05) is 12.8 Å². The average Bonchev–Trinajstić information content (AvgIpc) is 2.96. The van der Waals surface area contributed by atoms with E-state index in [1.807, 2.05) is 11.4 Å². The molecule has 2 aromatic heterocycles. The zero-order valence-corrected chi connectivity index (χ0v) is 11.6. The number of rotatable bonds is 3. The monoisotopic (exact) mass is 274 g/mol. The van der Waals surface area contributed by atoms with Crippen LogP contribution < -0.4 is 10.5 Å². The Bertz CT molecular complexity index is 731. The first-order valence-electron chi connectivity index (χ1n) is 6.00. The largest absolute Gasteiger partial charge is 0.496 e. The number of hydrogen-bond acceptors (Lipinski definition) is 5. The van der Waals surface area contributed by atoms with Gasteiger partial charge in [-0.3, -0.25) is 0 Å². The molecular formula is C13H14N4OS. The number of aryl methyl sites for hydroxylation is 1. The van der Waals surface area contributed by atoms with Crippen LogP contribution in [0.25, 0.3) is 16.2 Å². The molecule has 0 amide bonds. The van der Waals surface area contributed by atoms with Crippen molar-refractivity contribution in [2.24, 2.45) is 0 Å². The third-order valence-electron chi connectivity index (χ3n) is 3.05. The number of aromatic nitrogens is 3. The molecule has 0 spiro atoms. The Balaban J connectivity index is 2.24. The van der Waals surface area contributed by atoms with Crippen LogP contribution in [0.1, 0.15) is 12.5 Å². The Morgan fingerprint density at radius 2 is 2.26 bits per heavy atom. The lowest BCUT2D eigenvalue weighted by Gasteiger charge is -2.09. The zero-order valence-electron chi connectivity index (χ0n) is 10.8. The fourth-order valence-electron chi connectivity index (χ4n) is 2.06. The number of benzene rings is 1. The second kappa shape index (κ2) is 4.55. The molecule has 0 aliphatic carbocycles. The van der Waals surface area contributed by atoms with Crippen molar-refractivity contribution >= 4 is 22.2 Å². The molecule has 19 heavy (non-hydrogen) atoms. The third kappa shape index (κ3) is 1.94. The van der Waals surface area contributed by atoms with Gasteiger partial charge < -0.3 is 10.5 Å². The van der Waals surface area contributed by atoms with Crippen LogP contribution in [0, 0.1) is 0 Å². The minimum absolute atomic E-state index is 0.290. The van der Waals surface area contributed by atoms with Crippen molar-refractivity contribution < 1.29 is 4.74 Å². The van der Waals surface area contributed by atoms with Crippen LogP contribution in [0.5, 0.6) is 5.75 Å². The first kappa shape index (κ1) is 12.0. The van der Waals surface area contributed by atoms with Gasteiger partial charge in [0.2, 0.25) is 10.9 Å². The maximum absolute atomic E-state index is 5.64. The number of hydrogen-bond donors (Lipinski definition) is 1. The van der Waals surface area contributed by atoms with Crippen molar-refractivity contribution in [1.29, 1.82) is 0 Å². The van der Waals surface area contributed by atoms with Gasteiger partial charge in [0.05, 0.1) is 12.8 Å². The van der Waals surface area contributed by atoms with E-state index in [-0.39, 0.29) is 0 Å². The quantitative estimate of drug-likeness (QED) is 0.797. The van der Waals surface area contributed by atoms with Gasteiger partial charge in [-0.25, -0.2) is 4.52 Å². The Labute approximate surface area is 114 Å². The molecule has 0 saturated carbocycles. The van der Waals surface area contributed by atoms with Crippen molar-refractivity contribution in [3.63, 3.8) is 0 Å². The molecule has 0 fully saturated rings. The molecule has 0 atom stereocenters. The molecule has 2 heterocycles. The van der Waals surface area contributed by atoms with E-state index in [1.54, 1.807) is 11.6 Å². The van der Waals surface area contributed by atoms with Gasteiger partial charge in [-0.15, -0.1) is 16.4 Å². The predicted molar refractivity (Wildman–Crippen MR) is 76.6 cm³/mol. The second-order valence-electron chi connectivity index (χ2n) is 4.17. The summed E-state index contributed by atoms with van der Waals surface area (Å²) < 4.78 is 7.20. The summed E-state index contributed by atoms with van der Waals surface area (Å²) in [5.41, 5.74) is 8.86. The number of methoxy groups -OCH3 is 1. The minimum Gasteiger partial charge on any atom is -0.496 e. The van der Waals surface area contributed by atoms with Gasteiger partial charge >= 0.3 is 0 Å². The lowest BCUT2D eigenvalue weighted by molar-refractivity contribution is 0.416. The topological polar surface area (TPSA) is 65.4 Å². The van der Waals surface area contributed by atoms with Gasteiger partial charge in [0.25, 0.3) is 0 Å². The smallest absolute Gasteiger partial charge is 0.241 e. The Hall–Kier alpha value is -2.08. The molecule has 3 rings (SSSR count). The summed E-state index contributed by atoms with van der Waals surface area (Å²) in [6.07, 6.45) is 0.976. The molecule has 6 heteroatoms. The molecule has 0 saturated heterocycles. The maximum Gasteiger partial charge on any atom is 0.241 e. The highest BCUT2D eigenvalue weighted by molar-refractivity contribution is 7.15. The molecule has 3 aromatic rings. The Morgan fingerprint density at radius 3 is 3.00 bits per heavy atom. The highest BCUT2D eigenvalue weighted by atomic mass is 32.1. The van der Waals surface area contributed by atoms with Crippen LogP contribution in [-0.2, 0) is 6.42 Å². The Kier molecular flexibility index (Phi) is 2.87. The molecule has 0 aliphatic rings. The second-order valence-corrected chi connectivity index (χ2v) is 5.01. The minimum atomic E-state index is 0.290. The van der Waals surface area contributed by atoms with E-state index in [9.17, 15) is 0 Å². The first-order valence-corrected chi connectivity index (χ1v) is 6.88. The lowest BCUT2D eigenvalue weighted by Crippen LogP contribution is -1.95. The number of thiazole rings is 1. The van der Waals surface area contributed by atoms with Crippen molar-refractivity contribution in [1.82, 2.24) is 14.6 Å². The van der Waals surface area contributed by atoms with E-state index in [2.05, 4.69) is 29.1 Å². The van der Waals surface area contributed by atoms with Crippen LogP contribution in [0.15, 0.2) is 23.6 Å². The van der Waals surface area contributed by atoms with Crippen molar-refractivity contribution in [3.05, 3.63) is 29.1 Å². The van der Waals surface area contributed by atoms with E-state index in [0.717, 1.165) is 28.4 Å². The molecule has 0 radical (unpaired) electrons. The van der Waals surface area contributed by atoms with E-state index in [0.29, 0.717) is 5.95 Å². The third-order valence-corrected chi connectivity index (χ3v) is 3.86. The summed E-state index contributed by atoms with van der Waals surface area (Å²) in [5, 5.41) is 6.24. The Morgan fingerprint density at radius 1 is 1.42 bits per heavy atom. The number of nitrogens with two attached hydrogens (primary N) is 1. The molecule has 0 aliphatic heterocycles. The van der Waals surface area contributed by atoms with Crippen LogP contribution in [-0.4, -0.2) is 21.7 Å². The fraction of sp³-hybridized carbons (Fsp3) is 0.231.